The lowest BCUT2D eigenvalue weighted by molar-refractivity contribution is 0.209. The molecule has 0 radical (unpaired) electrons. The van der Waals surface area contributed by atoms with Gasteiger partial charge in [0.2, 0.25) is 0 Å². The molecular formula is C16H29FN4. The van der Waals surface area contributed by atoms with Gasteiger partial charge < -0.3 is 15.5 Å². The Morgan fingerprint density at radius 3 is 2.33 bits per heavy atom. The second-order valence-corrected chi connectivity index (χ2v) is 7.30. The van der Waals surface area contributed by atoms with E-state index in [1.165, 1.54) is 0 Å². The molecule has 1 aromatic rings. The lowest BCUT2D eigenvalue weighted by atomic mass is 10.0. The van der Waals surface area contributed by atoms with E-state index < -0.39 is 0 Å². The molecule has 1 aromatic heterocycles. The summed E-state index contributed by atoms with van der Waals surface area (Å²) in [5.74, 6) is 0.0435. The standard InChI is InChI=1S/C16H29FN4/c1-15(2,3)20-10-12-8-9-18-14(13(12)17)19-11-16(4,5)21(6)7/h8-9,20H,10-11H2,1-7H3,(H,18,19). The highest BCUT2D eigenvalue weighted by Gasteiger charge is 2.21. The molecule has 1 rings (SSSR count). The molecule has 0 fully saturated rings. The third kappa shape index (κ3) is 5.59. The van der Waals surface area contributed by atoms with Gasteiger partial charge in [-0.2, -0.15) is 0 Å². The molecule has 0 aliphatic rings. The van der Waals surface area contributed by atoms with Crippen LogP contribution in [0.5, 0.6) is 0 Å². The summed E-state index contributed by atoms with van der Waals surface area (Å²) in [6, 6.07) is 1.72. The molecule has 0 unspecified atom stereocenters. The van der Waals surface area contributed by atoms with E-state index >= 15 is 0 Å². The number of nitrogens with zero attached hydrogens (tertiary/aromatic N) is 2. The summed E-state index contributed by atoms with van der Waals surface area (Å²) in [7, 11) is 4.02. The Morgan fingerprint density at radius 1 is 1.19 bits per heavy atom. The van der Waals surface area contributed by atoms with Crippen molar-refractivity contribution < 1.29 is 4.39 Å². The first-order valence-electron chi connectivity index (χ1n) is 7.33. The Morgan fingerprint density at radius 2 is 1.81 bits per heavy atom. The van der Waals surface area contributed by atoms with E-state index in [1.807, 2.05) is 14.1 Å². The van der Waals surface area contributed by atoms with Crippen molar-refractivity contribution >= 4 is 5.82 Å². The van der Waals surface area contributed by atoms with Gasteiger partial charge in [-0.25, -0.2) is 9.37 Å². The summed E-state index contributed by atoms with van der Waals surface area (Å²) in [6.45, 7) is 11.5. The number of aromatic nitrogens is 1. The molecule has 0 spiro atoms. The lowest BCUT2D eigenvalue weighted by Gasteiger charge is -2.32. The highest BCUT2D eigenvalue weighted by atomic mass is 19.1. The summed E-state index contributed by atoms with van der Waals surface area (Å²) in [5, 5.41) is 6.41. The zero-order valence-corrected chi connectivity index (χ0v) is 14.3. The van der Waals surface area contributed by atoms with Crippen LogP contribution in [0.1, 0.15) is 40.2 Å². The van der Waals surface area contributed by atoms with Crippen LogP contribution in [0.2, 0.25) is 0 Å². The minimum atomic E-state index is -0.274. The number of hydrogen-bond donors (Lipinski definition) is 2. The van der Waals surface area contributed by atoms with E-state index in [-0.39, 0.29) is 16.9 Å². The van der Waals surface area contributed by atoms with E-state index in [1.54, 1.807) is 12.3 Å². The Hall–Kier alpha value is -1.20. The van der Waals surface area contributed by atoms with Crippen LogP contribution in [0.4, 0.5) is 10.2 Å². The maximum atomic E-state index is 14.4. The van der Waals surface area contributed by atoms with Gasteiger partial charge in [0.1, 0.15) is 0 Å². The average molecular weight is 296 g/mol. The van der Waals surface area contributed by atoms with Crippen LogP contribution < -0.4 is 10.6 Å². The van der Waals surface area contributed by atoms with Gasteiger partial charge in [-0.1, -0.05) is 0 Å². The van der Waals surface area contributed by atoms with E-state index in [2.05, 4.69) is 55.1 Å². The van der Waals surface area contributed by atoms with Gasteiger partial charge in [-0.15, -0.1) is 0 Å². The predicted molar refractivity (Wildman–Crippen MR) is 87.0 cm³/mol. The maximum absolute atomic E-state index is 14.4. The van der Waals surface area contributed by atoms with Crippen molar-refractivity contribution in [2.24, 2.45) is 0 Å². The first-order chi connectivity index (χ1) is 9.53. The van der Waals surface area contributed by atoms with Crippen molar-refractivity contribution in [1.82, 2.24) is 15.2 Å². The Bertz CT molecular complexity index is 464. The van der Waals surface area contributed by atoms with Crippen molar-refractivity contribution in [2.45, 2.75) is 52.2 Å². The minimum Gasteiger partial charge on any atom is -0.366 e. The number of hydrogen-bond acceptors (Lipinski definition) is 4. The molecule has 0 saturated carbocycles. The normalized spacial score (nSPS) is 12.8. The topological polar surface area (TPSA) is 40.2 Å². The predicted octanol–water partition coefficient (Wildman–Crippen LogP) is 2.86. The zero-order chi connectivity index (χ0) is 16.3. The molecule has 2 N–H and O–H groups in total. The molecule has 0 amide bonds. The largest absolute Gasteiger partial charge is 0.366 e. The fourth-order valence-corrected chi connectivity index (χ4v) is 1.56. The monoisotopic (exact) mass is 296 g/mol. The molecule has 0 bridgehead atoms. The third-order valence-electron chi connectivity index (χ3n) is 3.68. The van der Waals surface area contributed by atoms with Crippen LogP contribution in [-0.4, -0.2) is 41.6 Å². The van der Waals surface area contributed by atoms with Gasteiger partial charge >= 0.3 is 0 Å². The molecule has 0 aliphatic carbocycles. The van der Waals surface area contributed by atoms with Gasteiger partial charge in [0.15, 0.2) is 11.6 Å². The number of pyridine rings is 1. The fraction of sp³-hybridized carbons (Fsp3) is 0.688. The van der Waals surface area contributed by atoms with Crippen LogP contribution in [0.15, 0.2) is 12.3 Å². The highest BCUT2D eigenvalue weighted by molar-refractivity contribution is 5.40. The van der Waals surface area contributed by atoms with Gasteiger partial charge in [0.25, 0.3) is 0 Å². The summed E-state index contributed by atoms with van der Waals surface area (Å²) < 4.78 is 14.4. The first-order valence-corrected chi connectivity index (χ1v) is 7.33. The second kappa shape index (κ2) is 6.71. The van der Waals surface area contributed by atoms with Gasteiger partial charge in [0.05, 0.1) is 0 Å². The van der Waals surface area contributed by atoms with Crippen LogP contribution in [-0.2, 0) is 6.54 Å². The molecule has 5 heteroatoms. The maximum Gasteiger partial charge on any atom is 0.169 e. The summed E-state index contributed by atoms with van der Waals surface area (Å²) in [5.41, 5.74) is 0.509. The second-order valence-electron chi connectivity index (χ2n) is 7.30. The quantitative estimate of drug-likeness (QED) is 0.847. The zero-order valence-electron chi connectivity index (χ0n) is 14.3. The van der Waals surface area contributed by atoms with Crippen molar-refractivity contribution in [2.75, 3.05) is 26.0 Å². The Kier molecular flexibility index (Phi) is 5.70. The number of rotatable bonds is 6. The van der Waals surface area contributed by atoms with Crippen LogP contribution in [0, 0.1) is 5.82 Å². The molecule has 0 atom stereocenters. The number of anilines is 1. The van der Waals surface area contributed by atoms with Crippen molar-refractivity contribution in [1.29, 1.82) is 0 Å². The average Bonchev–Trinajstić information content (AvgIpc) is 2.35. The summed E-state index contributed by atoms with van der Waals surface area (Å²) in [4.78, 5) is 6.21. The molecule has 21 heavy (non-hydrogen) atoms. The molecule has 0 saturated heterocycles. The minimum absolute atomic E-state index is 0.0454. The fourth-order valence-electron chi connectivity index (χ4n) is 1.56. The highest BCUT2D eigenvalue weighted by Crippen LogP contribution is 2.18. The number of nitrogens with one attached hydrogen (secondary N) is 2. The summed E-state index contributed by atoms with van der Waals surface area (Å²) >= 11 is 0. The summed E-state index contributed by atoms with van der Waals surface area (Å²) in [6.07, 6.45) is 1.65. The lowest BCUT2D eigenvalue weighted by Crippen LogP contribution is -2.44. The van der Waals surface area contributed by atoms with Crippen molar-refractivity contribution in [3.05, 3.63) is 23.6 Å². The molecule has 1 heterocycles. The van der Waals surface area contributed by atoms with Crippen LogP contribution >= 0.6 is 0 Å². The SMILES string of the molecule is CN(C)C(C)(C)CNc1nccc(CNC(C)(C)C)c1F. The van der Waals surface area contributed by atoms with E-state index in [4.69, 9.17) is 0 Å². The number of halogens is 1. The molecule has 4 nitrogen and oxygen atoms in total. The van der Waals surface area contributed by atoms with E-state index in [0.717, 1.165) is 0 Å². The van der Waals surface area contributed by atoms with Gasteiger partial charge in [-0.3, -0.25) is 0 Å². The van der Waals surface area contributed by atoms with Crippen molar-refractivity contribution in [3.8, 4) is 0 Å². The van der Waals surface area contributed by atoms with E-state index in [0.29, 0.717) is 24.5 Å². The van der Waals surface area contributed by atoms with Crippen molar-refractivity contribution in [3.63, 3.8) is 0 Å². The van der Waals surface area contributed by atoms with Gasteiger partial charge in [0, 0.05) is 35.9 Å². The third-order valence-corrected chi connectivity index (χ3v) is 3.68. The smallest absolute Gasteiger partial charge is 0.169 e. The molecule has 0 aliphatic heterocycles. The molecular weight excluding hydrogens is 267 g/mol. The van der Waals surface area contributed by atoms with E-state index in [9.17, 15) is 4.39 Å². The molecule has 120 valence electrons. The molecule has 0 aromatic carbocycles. The first kappa shape index (κ1) is 17.9. The Balaban J connectivity index is 2.77. The van der Waals surface area contributed by atoms with Crippen LogP contribution in [0.3, 0.4) is 0 Å². The Labute approximate surface area is 128 Å². The van der Waals surface area contributed by atoms with Gasteiger partial charge in [-0.05, 0) is 54.8 Å². The number of likely N-dealkylation sites (N-methyl/N-ethyl adjacent to an activating group) is 1. The van der Waals surface area contributed by atoms with Crippen LogP contribution in [0.25, 0.3) is 0 Å².